The molecule has 0 saturated carbocycles. The zero-order chi connectivity index (χ0) is 13.4. The van der Waals surface area contributed by atoms with Crippen molar-refractivity contribution in [2.24, 2.45) is 0 Å². The van der Waals surface area contributed by atoms with Crippen LogP contribution in [-0.2, 0) is 0 Å². The smallest absolute Gasteiger partial charge is 0.276 e. The molecule has 0 spiro atoms. The van der Waals surface area contributed by atoms with Crippen molar-refractivity contribution in [1.29, 1.82) is 0 Å². The summed E-state index contributed by atoms with van der Waals surface area (Å²) >= 11 is 0. The van der Waals surface area contributed by atoms with E-state index in [2.05, 4.69) is 5.32 Å². The van der Waals surface area contributed by atoms with Gasteiger partial charge in [-0.15, -0.1) is 0 Å². The minimum Gasteiger partial charge on any atom is -0.317 e. The highest BCUT2D eigenvalue weighted by Gasteiger charge is 2.11. The first-order valence-electron chi connectivity index (χ1n) is 5.71. The monoisotopic (exact) mass is 253 g/mol. The van der Waals surface area contributed by atoms with Gasteiger partial charge in [0.2, 0.25) is 0 Å². The first kappa shape index (κ1) is 14.0. The first-order valence-corrected chi connectivity index (χ1v) is 5.71. The van der Waals surface area contributed by atoms with Gasteiger partial charge in [0.05, 0.1) is 15.9 Å². The van der Waals surface area contributed by atoms with E-state index in [1.165, 1.54) is 50.6 Å². The Morgan fingerprint density at radius 3 is 1.72 bits per heavy atom. The van der Waals surface area contributed by atoms with Crippen molar-refractivity contribution >= 4 is 11.4 Å². The lowest BCUT2D eigenvalue weighted by molar-refractivity contribution is -0.394. The minimum absolute atomic E-state index is 0.274. The fourth-order valence-electron chi connectivity index (χ4n) is 1.52. The number of nitro groups is 2. The van der Waals surface area contributed by atoms with Crippen molar-refractivity contribution in [1.82, 2.24) is 5.32 Å². The summed E-state index contributed by atoms with van der Waals surface area (Å²) in [4.78, 5) is 19.0. The average Bonchev–Trinajstić information content (AvgIpc) is 2.41. The summed E-state index contributed by atoms with van der Waals surface area (Å²) in [5, 5.41) is 23.6. The molecule has 1 saturated heterocycles. The lowest BCUT2D eigenvalue weighted by Crippen LogP contribution is -2.21. The second-order valence-corrected chi connectivity index (χ2v) is 3.84. The van der Waals surface area contributed by atoms with Crippen LogP contribution in [0.25, 0.3) is 0 Å². The average molecular weight is 253 g/mol. The van der Waals surface area contributed by atoms with Gasteiger partial charge in [-0.1, -0.05) is 6.42 Å². The Hall–Kier alpha value is -2.02. The number of hydrogen-bond donors (Lipinski definition) is 1. The first-order chi connectivity index (χ1) is 8.61. The van der Waals surface area contributed by atoms with Crippen LogP contribution in [-0.4, -0.2) is 22.9 Å². The summed E-state index contributed by atoms with van der Waals surface area (Å²) in [5.74, 6) is 0. The molecule has 0 aliphatic carbocycles. The molecule has 0 aromatic heterocycles. The Morgan fingerprint density at radius 2 is 1.44 bits per heavy atom. The molecule has 0 radical (unpaired) electrons. The van der Waals surface area contributed by atoms with E-state index in [0.29, 0.717) is 0 Å². The second kappa shape index (κ2) is 7.33. The highest BCUT2D eigenvalue weighted by Crippen LogP contribution is 2.18. The third kappa shape index (κ3) is 4.88. The van der Waals surface area contributed by atoms with Crippen LogP contribution in [0.2, 0.25) is 0 Å². The molecular weight excluding hydrogens is 238 g/mol. The van der Waals surface area contributed by atoms with Crippen molar-refractivity contribution in [3.63, 3.8) is 0 Å². The standard InChI is InChI=1S/C6H4N2O4.C5H11N/c9-7(10)5-2-1-3-6(4-5)8(11)12;1-2-4-6-5-3-1/h1-4H;6H,1-5H2. The highest BCUT2D eigenvalue weighted by atomic mass is 16.6. The van der Waals surface area contributed by atoms with Crippen LogP contribution >= 0.6 is 0 Å². The molecule has 0 amide bonds. The number of nitro benzene ring substituents is 2. The molecule has 1 aliphatic rings. The largest absolute Gasteiger partial charge is 0.317 e. The maximum Gasteiger partial charge on any atom is 0.276 e. The Balaban J connectivity index is 0.000000225. The van der Waals surface area contributed by atoms with Gasteiger partial charge in [-0.2, -0.15) is 0 Å². The molecule has 7 heteroatoms. The summed E-state index contributed by atoms with van der Waals surface area (Å²) in [6.45, 7) is 2.50. The zero-order valence-corrected chi connectivity index (χ0v) is 9.87. The van der Waals surface area contributed by atoms with E-state index in [9.17, 15) is 20.2 Å². The van der Waals surface area contributed by atoms with Gasteiger partial charge in [0, 0.05) is 12.1 Å². The number of hydrogen-bond acceptors (Lipinski definition) is 5. The summed E-state index contributed by atoms with van der Waals surface area (Å²) in [5.41, 5.74) is -0.548. The molecule has 0 atom stereocenters. The van der Waals surface area contributed by atoms with Gasteiger partial charge in [0.25, 0.3) is 11.4 Å². The topological polar surface area (TPSA) is 98.3 Å². The van der Waals surface area contributed by atoms with Crippen LogP contribution in [0.3, 0.4) is 0 Å². The Labute approximate surface area is 104 Å². The molecule has 1 N–H and O–H groups in total. The fourth-order valence-corrected chi connectivity index (χ4v) is 1.52. The quantitative estimate of drug-likeness (QED) is 0.643. The second-order valence-electron chi connectivity index (χ2n) is 3.84. The van der Waals surface area contributed by atoms with Crippen LogP contribution in [0.5, 0.6) is 0 Å². The maximum absolute atomic E-state index is 10.2. The van der Waals surface area contributed by atoms with E-state index < -0.39 is 9.85 Å². The third-order valence-electron chi connectivity index (χ3n) is 2.46. The molecule has 18 heavy (non-hydrogen) atoms. The number of non-ortho nitro benzene ring substituents is 2. The van der Waals surface area contributed by atoms with Gasteiger partial charge in [0.1, 0.15) is 0 Å². The van der Waals surface area contributed by atoms with Crippen molar-refractivity contribution in [3.05, 3.63) is 44.5 Å². The number of nitrogens with one attached hydrogen (secondary N) is 1. The summed E-state index contributed by atoms with van der Waals surface area (Å²) < 4.78 is 0. The maximum atomic E-state index is 10.2. The molecule has 1 aromatic carbocycles. The predicted octanol–water partition coefficient (Wildman–Crippen LogP) is 2.26. The van der Waals surface area contributed by atoms with E-state index in [0.717, 1.165) is 6.07 Å². The fraction of sp³-hybridized carbons (Fsp3) is 0.455. The highest BCUT2D eigenvalue weighted by molar-refractivity contribution is 5.42. The SMILES string of the molecule is C1CCNCC1.O=[N+]([O-])c1cccc([N+](=O)[O-])c1. The summed E-state index contributed by atoms with van der Waals surface area (Å²) in [7, 11) is 0. The molecule has 1 aliphatic heterocycles. The van der Waals surface area contributed by atoms with E-state index in [-0.39, 0.29) is 11.4 Å². The van der Waals surface area contributed by atoms with Crippen molar-refractivity contribution < 1.29 is 9.85 Å². The van der Waals surface area contributed by atoms with Crippen LogP contribution in [0.15, 0.2) is 24.3 Å². The van der Waals surface area contributed by atoms with Crippen molar-refractivity contribution in [2.75, 3.05) is 13.1 Å². The normalized spacial score (nSPS) is 14.2. The minimum atomic E-state index is -0.674. The molecule has 1 aromatic rings. The van der Waals surface area contributed by atoms with E-state index >= 15 is 0 Å². The van der Waals surface area contributed by atoms with Gasteiger partial charge < -0.3 is 5.32 Å². The van der Waals surface area contributed by atoms with Crippen LogP contribution < -0.4 is 5.32 Å². The van der Waals surface area contributed by atoms with Gasteiger partial charge in [0.15, 0.2) is 0 Å². The number of rotatable bonds is 2. The van der Waals surface area contributed by atoms with E-state index in [1.54, 1.807) is 0 Å². The molecule has 1 fully saturated rings. The lowest BCUT2D eigenvalue weighted by Gasteiger charge is -2.08. The van der Waals surface area contributed by atoms with Crippen molar-refractivity contribution in [2.45, 2.75) is 19.3 Å². The van der Waals surface area contributed by atoms with Gasteiger partial charge >= 0.3 is 0 Å². The summed E-state index contributed by atoms with van der Waals surface area (Å²) in [6.07, 6.45) is 4.22. The van der Waals surface area contributed by atoms with Crippen LogP contribution in [0, 0.1) is 20.2 Å². The van der Waals surface area contributed by atoms with E-state index in [1.807, 2.05) is 0 Å². The zero-order valence-electron chi connectivity index (χ0n) is 9.87. The predicted molar refractivity (Wildman–Crippen MR) is 66.5 cm³/mol. The Bertz CT molecular complexity index is 378. The summed E-state index contributed by atoms with van der Waals surface area (Å²) in [6, 6.07) is 4.59. The van der Waals surface area contributed by atoms with Crippen molar-refractivity contribution in [3.8, 4) is 0 Å². The van der Waals surface area contributed by atoms with Crippen LogP contribution in [0.1, 0.15) is 19.3 Å². The molecule has 1 heterocycles. The van der Waals surface area contributed by atoms with Gasteiger partial charge in [-0.3, -0.25) is 20.2 Å². The van der Waals surface area contributed by atoms with Gasteiger partial charge in [-0.05, 0) is 32.0 Å². The Kier molecular flexibility index (Phi) is 5.72. The Morgan fingerprint density at radius 1 is 0.944 bits per heavy atom. The number of benzene rings is 1. The van der Waals surface area contributed by atoms with Gasteiger partial charge in [-0.25, -0.2) is 0 Å². The third-order valence-corrected chi connectivity index (χ3v) is 2.46. The molecule has 7 nitrogen and oxygen atoms in total. The number of piperidine rings is 1. The molecule has 0 bridgehead atoms. The lowest BCUT2D eigenvalue weighted by atomic mass is 10.2. The molecule has 0 unspecified atom stereocenters. The number of nitrogens with zero attached hydrogens (tertiary/aromatic N) is 2. The van der Waals surface area contributed by atoms with Crippen LogP contribution in [0.4, 0.5) is 11.4 Å². The molecule has 2 rings (SSSR count). The molecule has 98 valence electrons. The molecular formula is C11H15N3O4. The van der Waals surface area contributed by atoms with E-state index in [4.69, 9.17) is 0 Å².